The first-order chi connectivity index (χ1) is 13.9. The molecule has 1 fully saturated rings. The minimum atomic E-state index is -0.546. The maximum atomic E-state index is 13.7. The second kappa shape index (κ2) is 9.04. The highest BCUT2D eigenvalue weighted by Gasteiger charge is 2.26. The summed E-state index contributed by atoms with van der Waals surface area (Å²) in [5.41, 5.74) is 1.67. The average molecular weight is 402 g/mol. The van der Waals surface area contributed by atoms with Gasteiger partial charge >= 0.3 is 6.03 Å². The summed E-state index contributed by atoms with van der Waals surface area (Å²) in [6, 6.07) is 5.94. The highest BCUT2D eigenvalue weighted by atomic mass is 19.1. The van der Waals surface area contributed by atoms with Crippen molar-refractivity contribution in [1.29, 1.82) is 0 Å². The molecule has 0 bridgehead atoms. The Bertz CT molecular complexity index is 876. The van der Waals surface area contributed by atoms with Crippen molar-refractivity contribution in [2.24, 2.45) is 0 Å². The van der Waals surface area contributed by atoms with Gasteiger partial charge in [-0.25, -0.2) is 9.18 Å². The summed E-state index contributed by atoms with van der Waals surface area (Å²) in [7, 11) is 3.66. The topological polar surface area (TPSA) is 73.7 Å². The van der Waals surface area contributed by atoms with Gasteiger partial charge in [0.05, 0.1) is 12.2 Å². The van der Waals surface area contributed by atoms with E-state index in [9.17, 15) is 14.0 Å². The van der Waals surface area contributed by atoms with Crippen molar-refractivity contribution in [2.45, 2.75) is 19.9 Å². The van der Waals surface area contributed by atoms with Crippen LogP contribution in [0.3, 0.4) is 0 Å². The van der Waals surface area contributed by atoms with Crippen LogP contribution in [0.4, 0.5) is 21.0 Å². The standard InChI is InChI=1S/C20H27FN6O2/c1-4-17-18(25(3)20(29)22-14-28)23-19(26-10-8-24(2)9-11-26)27(17)13-15-6-5-7-16(21)12-15/h5-7,12,14H,4,8-11,13H2,1-3H3,(H,22,28,29). The zero-order valence-corrected chi connectivity index (χ0v) is 17.1. The number of anilines is 2. The molecule has 156 valence electrons. The normalized spacial score (nSPS) is 14.7. The van der Waals surface area contributed by atoms with Gasteiger partial charge in [0.2, 0.25) is 12.4 Å². The number of imide groups is 1. The number of aromatic nitrogens is 2. The molecule has 0 radical (unpaired) electrons. The van der Waals surface area contributed by atoms with Gasteiger partial charge in [0, 0.05) is 33.2 Å². The highest BCUT2D eigenvalue weighted by molar-refractivity contribution is 5.96. The number of benzene rings is 1. The first kappa shape index (κ1) is 20.8. The van der Waals surface area contributed by atoms with Gasteiger partial charge < -0.3 is 14.4 Å². The molecule has 0 unspecified atom stereocenters. The maximum Gasteiger partial charge on any atom is 0.329 e. The Hall–Kier alpha value is -2.94. The predicted molar refractivity (Wildman–Crippen MR) is 110 cm³/mol. The number of carbonyl (C=O) groups is 2. The quantitative estimate of drug-likeness (QED) is 0.745. The fourth-order valence-corrected chi connectivity index (χ4v) is 3.55. The van der Waals surface area contributed by atoms with Crippen LogP contribution in [-0.2, 0) is 17.8 Å². The van der Waals surface area contributed by atoms with Crippen molar-refractivity contribution in [3.05, 3.63) is 41.3 Å². The number of urea groups is 1. The number of carbonyl (C=O) groups excluding carboxylic acids is 2. The molecule has 3 amide bonds. The van der Waals surface area contributed by atoms with Gasteiger partial charge in [-0.15, -0.1) is 0 Å². The number of likely N-dealkylation sites (N-methyl/N-ethyl adjacent to an activating group) is 1. The van der Waals surface area contributed by atoms with E-state index in [1.54, 1.807) is 13.1 Å². The number of amides is 3. The van der Waals surface area contributed by atoms with Crippen molar-refractivity contribution >= 4 is 24.2 Å². The van der Waals surface area contributed by atoms with Crippen molar-refractivity contribution in [3.8, 4) is 0 Å². The molecule has 8 nitrogen and oxygen atoms in total. The Morgan fingerprint density at radius 3 is 2.66 bits per heavy atom. The van der Waals surface area contributed by atoms with E-state index < -0.39 is 6.03 Å². The van der Waals surface area contributed by atoms with E-state index >= 15 is 0 Å². The molecule has 9 heteroatoms. The monoisotopic (exact) mass is 402 g/mol. The summed E-state index contributed by atoms with van der Waals surface area (Å²) >= 11 is 0. The number of halogens is 1. The molecule has 2 heterocycles. The Morgan fingerprint density at radius 2 is 2.03 bits per heavy atom. The molecule has 1 aromatic carbocycles. The van der Waals surface area contributed by atoms with Gasteiger partial charge in [0.25, 0.3) is 0 Å². The van der Waals surface area contributed by atoms with Crippen LogP contribution >= 0.6 is 0 Å². The number of nitrogens with zero attached hydrogens (tertiary/aromatic N) is 5. The van der Waals surface area contributed by atoms with E-state index in [4.69, 9.17) is 4.98 Å². The molecule has 0 aliphatic carbocycles. The molecule has 3 rings (SSSR count). The average Bonchev–Trinajstić information content (AvgIpc) is 3.06. The number of imidazole rings is 1. The minimum absolute atomic E-state index is 0.287. The van der Waals surface area contributed by atoms with E-state index in [-0.39, 0.29) is 5.82 Å². The van der Waals surface area contributed by atoms with Crippen LogP contribution in [0.15, 0.2) is 24.3 Å². The summed E-state index contributed by atoms with van der Waals surface area (Å²) in [6.07, 6.45) is 0.986. The highest BCUT2D eigenvalue weighted by Crippen LogP contribution is 2.29. The lowest BCUT2D eigenvalue weighted by Gasteiger charge is -2.33. The van der Waals surface area contributed by atoms with Crippen LogP contribution in [0, 0.1) is 5.82 Å². The number of rotatable bonds is 6. The molecule has 1 aromatic heterocycles. The molecular formula is C20H27FN6O2. The lowest BCUT2D eigenvalue weighted by atomic mass is 10.2. The van der Waals surface area contributed by atoms with Crippen LogP contribution < -0.4 is 15.1 Å². The largest absolute Gasteiger partial charge is 0.340 e. The van der Waals surface area contributed by atoms with Gasteiger partial charge in [-0.1, -0.05) is 19.1 Å². The van der Waals surface area contributed by atoms with Crippen LogP contribution in [0.5, 0.6) is 0 Å². The molecule has 1 saturated heterocycles. The van der Waals surface area contributed by atoms with E-state index in [1.165, 1.54) is 17.0 Å². The molecule has 1 N–H and O–H groups in total. The molecule has 0 saturated carbocycles. The third-order valence-corrected chi connectivity index (χ3v) is 5.19. The lowest BCUT2D eigenvalue weighted by molar-refractivity contribution is -0.108. The first-order valence-electron chi connectivity index (χ1n) is 9.69. The number of nitrogens with one attached hydrogen (secondary N) is 1. The van der Waals surface area contributed by atoms with Crippen LogP contribution in [0.25, 0.3) is 0 Å². The van der Waals surface area contributed by atoms with E-state index in [0.717, 1.165) is 43.4 Å². The zero-order valence-electron chi connectivity index (χ0n) is 17.1. The summed E-state index contributed by atoms with van der Waals surface area (Å²) in [5.74, 6) is 0.960. The maximum absolute atomic E-state index is 13.7. The van der Waals surface area contributed by atoms with Crippen molar-refractivity contribution < 1.29 is 14.0 Å². The molecule has 0 atom stereocenters. The smallest absolute Gasteiger partial charge is 0.329 e. The third kappa shape index (κ3) is 4.56. The van der Waals surface area contributed by atoms with Crippen molar-refractivity contribution in [1.82, 2.24) is 19.8 Å². The number of hydrogen-bond donors (Lipinski definition) is 1. The molecule has 0 spiro atoms. The Morgan fingerprint density at radius 1 is 1.31 bits per heavy atom. The van der Waals surface area contributed by atoms with Crippen molar-refractivity contribution in [3.63, 3.8) is 0 Å². The van der Waals surface area contributed by atoms with Crippen molar-refractivity contribution in [2.75, 3.05) is 50.1 Å². The lowest BCUT2D eigenvalue weighted by Crippen LogP contribution is -2.45. The number of hydrogen-bond acceptors (Lipinski definition) is 5. The van der Waals surface area contributed by atoms with Gasteiger partial charge in [-0.2, -0.15) is 4.98 Å². The van der Waals surface area contributed by atoms with Crippen LogP contribution in [-0.4, -0.2) is 67.2 Å². The molecular weight excluding hydrogens is 375 g/mol. The predicted octanol–water partition coefficient (Wildman–Crippen LogP) is 1.69. The fourth-order valence-electron chi connectivity index (χ4n) is 3.55. The third-order valence-electron chi connectivity index (χ3n) is 5.19. The summed E-state index contributed by atoms with van der Waals surface area (Å²) in [6.45, 7) is 5.86. The summed E-state index contributed by atoms with van der Waals surface area (Å²) < 4.78 is 15.8. The van der Waals surface area contributed by atoms with E-state index in [2.05, 4.69) is 22.2 Å². The second-order valence-corrected chi connectivity index (χ2v) is 7.17. The Labute approximate surface area is 169 Å². The van der Waals surface area contributed by atoms with Gasteiger partial charge in [0.1, 0.15) is 5.82 Å². The minimum Gasteiger partial charge on any atom is -0.340 e. The Balaban J connectivity index is 2.04. The SMILES string of the molecule is CCc1c(N(C)C(=O)NC=O)nc(N2CCN(C)CC2)n1Cc1cccc(F)c1. The first-order valence-corrected chi connectivity index (χ1v) is 9.69. The van der Waals surface area contributed by atoms with Crippen LogP contribution in [0.1, 0.15) is 18.2 Å². The second-order valence-electron chi connectivity index (χ2n) is 7.17. The number of piperazine rings is 1. The van der Waals surface area contributed by atoms with E-state index in [1.807, 2.05) is 17.6 Å². The summed E-state index contributed by atoms with van der Waals surface area (Å²) in [5, 5.41) is 2.15. The fraction of sp³-hybridized carbons (Fsp3) is 0.450. The van der Waals surface area contributed by atoms with Gasteiger partial charge in [0.15, 0.2) is 5.82 Å². The molecule has 1 aliphatic rings. The molecule has 29 heavy (non-hydrogen) atoms. The zero-order chi connectivity index (χ0) is 21.0. The van der Waals surface area contributed by atoms with E-state index in [0.29, 0.717) is 25.2 Å². The molecule has 2 aromatic rings. The Kier molecular flexibility index (Phi) is 6.48. The molecule has 1 aliphatic heterocycles. The summed E-state index contributed by atoms with van der Waals surface area (Å²) in [4.78, 5) is 33.5. The van der Waals surface area contributed by atoms with Crippen LogP contribution in [0.2, 0.25) is 0 Å². The van der Waals surface area contributed by atoms with Gasteiger partial charge in [-0.3, -0.25) is 15.0 Å². The van der Waals surface area contributed by atoms with Gasteiger partial charge in [-0.05, 0) is 31.2 Å².